The first-order chi connectivity index (χ1) is 20.0. The third kappa shape index (κ3) is 5.38. The number of fused-ring (bicyclic) bond motifs is 1. The van der Waals surface area contributed by atoms with Crippen LogP contribution in [0, 0.1) is 10.1 Å². The molecule has 11 heteroatoms. The molecule has 41 heavy (non-hydrogen) atoms. The van der Waals surface area contributed by atoms with Gasteiger partial charge in [0.2, 0.25) is 4.96 Å². The number of rotatable bonds is 8. The van der Waals surface area contributed by atoms with Crippen molar-refractivity contribution < 1.29 is 9.66 Å². The Hall–Kier alpha value is -5.42. The molecule has 0 spiro atoms. The molecular weight excluding hydrogens is 540 g/mol. The predicted molar refractivity (Wildman–Crippen MR) is 158 cm³/mol. The maximum absolute atomic E-state index is 13.3. The zero-order chi connectivity index (χ0) is 28.3. The molecule has 0 saturated carbocycles. The average Bonchev–Trinajstić information content (AvgIpc) is 3.68. The van der Waals surface area contributed by atoms with Crippen LogP contribution in [0.25, 0.3) is 40.1 Å². The molecule has 0 N–H and O–H groups in total. The van der Waals surface area contributed by atoms with Crippen molar-refractivity contribution in [3.8, 4) is 22.7 Å². The first-order valence-corrected chi connectivity index (χ1v) is 13.5. The Morgan fingerprint density at radius 3 is 2.41 bits per heavy atom. The van der Waals surface area contributed by atoms with Crippen molar-refractivity contribution in [2.45, 2.75) is 6.92 Å². The molecule has 3 aromatic carbocycles. The third-order valence-corrected chi connectivity index (χ3v) is 7.17. The van der Waals surface area contributed by atoms with Crippen LogP contribution in [0.4, 0.5) is 5.69 Å². The van der Waals surface area contributed by atoms with Gasteiger partial charge in [-0.25, -0.2) is 4.68 Å². The van der Waals surface area contributed by atoms with Crippen LogP contribution in [0.5, 0.6) is 5.75 Å². The summed E-state index contributed by atoms with van der Waals surface area (Å²) in [5.74, 6) is 1.24. The molecule has 3 aromatic heterocycles. The van der Waals surface area contributed by atoms with Gasteiger partial charge in [0.15, 0.2) is 5.82 Å². The molecule has 0 atom stereocenters. The molecular formula is C30H22N6O4S. The lowest BCUT2D eigenvalue weighted by atomic mass is 10.1. The predicted octanol–water partition coefficient (Wildman–Crippen LogP) is 5.03. The molecule has 10 nitrogen and oxygen atoms in total. The highest BCUT2D eigenvalue weighted by Crippen LogP contribution is 2.25. The van der Waals surface area contributed by atoms with E-state index in [2.05, 4.69) is 10.1 Å². The second-order valence-electron chi connectivity index (χ2n) is 8.93. The van der Waals surface area contributed by atoms with E-state index >= 15 is 0 Å². The summed E-state index contributed by atoms with van der Waals surface area (Å²) in [6.45, 7) is 2.55. The number of thiazole rings is 1. The van der Waals surface area contributed by atoms with Crippen molar-refractivity contribution in [3.63, 3.8) is 0 Å². The Balaban J connectivity index is 1.35. The van der Waals surface area contributed by atoms with Crippen LogP contribution in [0.1, 0.15) is 23.9 Å². The zero-order valence-electron chi connectivity index (χ0n) is 21.7. The number of nitro benzene ring substituents is 1. The fraction of sp³-hybridized carbons (Fsp3) is 0.0667. The van der Waals surface area contributed by atoms with Gasteiger partial charge >= 0.3 is 0 Å². The van der Waals surface area contributed by atoms with Crippen molar-refractivity contribution in [1.29, 1.82) is 0 Å². The number of hydrogen-bond donors (Lipinski definition) is 0. The summed E-state index contributed by atoms with van der Waals surface area (Å²) >= 11 is 1.24. The minimum Gasteiger partial charge on any atom is -0.494 e. The lowest BCUT2D eigenvalue weighted by Crippen LogP contribution is -2.23. The third-order valence-electron chi connectivity index (χ3n) is 6.22. The highest BCUT2D eigenvalue weighted by Gasteiger charge is 2.14. The lowest BCUT2D eigenvalue weighted by Gasteiger charge is -2.01. The van der Waals surface area contributed by atoms with Gasteiger partial charge in [-0.3, -0.25) is 14.9 Å². The van der Waals surface area contributed by atoms with E-state index in [1.807, 2.05) is 67.6 Å². The Morgan fingerprint density at radius 2 is 1.73 bits per heavy atom. The molecule has 0 amide bonds. The van der Waals surface area contributed by atoms with Crippen molar-refractivity contribution in [2.75, 3.05) is 6.61 Å². The second kappa shape index (κ2) is 11.0. The summed E-state index contributed by atoms with van der Waals surface area (Å²) in [6, 6.07) is 23.4. The largest absolute Gasteiger partial charge is 0.494 e. The average molecular weight is 563 g/mol. The highest BCUT2D eigenvalue weighted by molar-refractivity contribution is 7.15. The topological polar surface area (TPSA) is 117 Å². The van der Waals surface area contributed by atoms with E-state index in [1.54, 1.807) is 35.2 Å². The SMILES string of the molecule is CCOc1ccc(/C=C/c2nc3s/c(=C\c4cn(-c5ccc([N+](=O)[O-])cc5)nc4-c4ccccc4)c(=O)n3n2)cc1. The highest BCUT2D eigenvalue weighted by atomic mass is 32.1. The Kier molecular flexibility index (Phi) is 6.92. The number of nitrogens with zero attached hydrogens (tertiary/aromatic N) is 6. The number of aromatic nitrogens is 5. The van der Waals surface area contributed by atoms with E-state index in [9.17, 15) is 14.9 Å². The van der Waals surface area contributed by atoms with Crippen LogP contribution >= 0.6 is 11.3 Å². The fourth-order valence-electron chi connectivity index (χ4n) is 4.25. The van der Waals surface area contributed by atoms with Gasteiger partial charge < -0.3 is 4.74 Å². The first kappa shape index (κ1) is 25.8. The maximum Gasteiger partial charge on any atom is 0.291 e. The van der Waals surface area contributed by atoms with Crippen molar-refractivity contribution in [3.05, 3.63) is 127 Å². The summed E-state index contributed by atoms with van der Waals surface area (Å²) in [5.41, 5.74) is 3.58. The molecule has 0 fully saturated rings. The standard InChI is InChI=1S/C30H22N6O4S/c1-2-40-25-15-8-20(9-16-25)10-17-27-31-30-35(32-27)29(37)26(41-30)18-22-19-34(23-11-13-24(14-12-23)36(38)39)33-28(22)21-6-4-3-5-7-21/h3-19H,2H2,1H3/b17-10+,26-18-. The summed E-state index contributed by atoms with van der Waals surface area (Å²) < 4.78 is 8.88. The number of benzene rings is 3. The number of non-ortho nitro benzene ring substituents is 1. The number of nitro groups is 1. The van der Waals surface area contributed by atoms with Gasteiger partial charge in [0.25, 0.3) is 11.2 Å². The summed E-state index contributed by atoms with van der Waals surface area (Å²) in [5, 5.41) is 20.2. The van der Waals surface area contributed by atoms with E-state index in [1.165, 1.54) is 28.0 Å². The molecule has 6 aromatic rings. The van der Waals surface area contributed by atoms with Crippen molar-refractivity contribution in [2.24, 2.45) is 0 Å². The van der Waals surface area contributed by atoms with Gasteiger partial charge in [0, 0.05) is 29.5 Å². The van der Waals surface area contributed by atoms with Crippen LogP contribution in [-0.2, 0) is 0 Å². The Labute approximate surface area is 237 Å². The molecule has 0 unspecified atom stereocenters. The number of ether oxygens (including phenoxy) is 1. The maximum atomic E-state index is 13.3. The number of hydrogen-bond acceptors (Lipinski definition) is 8. The molecule has 0 aliphatic heterocycles. The molecule has 0 radical (unpaired) electrons. The summed E-state index contributed by atoms with van der Waals surface area (Å²) in [6.07, 6.45) is 7.21. The van der Waals surface area contributed by atoms with Crippen LogP contribution in [0.2, 0.25) is 0 Å². The lowest BCUT2D eigenvalue weighted by molar-refractivity contribution is -0.384. The molecule has 202 valence electrons. The van der Waals surface area contributed by atoms with Gasteiger partial charge in [0.05, 0.1) is 27.4 Å². The van der Waals surface area contributed by atoms with Crippen LogP contribution < -0.4 is 14.8 Å². The van der Waals surface area contributed by atoms with Gasteiger partial charge in [-0.15, -0.1) is 5.10 Å². The summed E-state index contributed by atoms with van der Waals surface area (Å²) in [4.78, 5) is 28.9. The molecule has 0 saturated heterocycles. The summed E-state index contributed by atoms with van der Waals surface area (Å²) in [7, 11) is 0. The smallest absolute Gasteiger partial charge is 0.291 e. The second-order valence-corrected chi connectivity index (χ2v) is 9.94. The van der Waals surface area contributed by atoms with Crippen LogP contribution in [-0.4, -0.2) is 35.9 Å². The monoisotopic (exact) mass is 562 g/mol. The van der Waals surface area contributed by atoms with E-state index < -0.39 is 4.92 Å². The molecule has 0 aliphatic carbocycles. The van der Waals surface area contributed by atoms with E-state index in [0.29, 0.717) is 38.9 Å². The van der Waals surface area contributed by atoms with E-state index in [0.717, 1.165) is 16.9 Å². The van der Waals surface area contributed by atoms with Crippen molar-refractivity contribution in [1.82, 2.24) is 24.4 Å². The van der Waals surface area contributed by atoms with Crippen LogP contribution in [0.15, 0.2) is 89.9 Å². The zero-order valence-corrected chi connectivity index (χ0v) is 22.6. The fourth-order valence-corrected chi connectivity index (χ4v) is 5.15. The quantitative estimate of drug-likeness (QED) is 0.189. The van der Waals surface area contributed by atoms with Crippen molar-refractivity contribution >= 4 is 40.2 Å². The molecule has 6 rings (SSSR count). The van der Waals surface area contributed by atoms with Gasteiger partial charge in [0.1, 0.15) is 5.75 Å². The first-order valence-electron chi connectivity index (χ1n) is 12.7. The minimum atomic E-state index is -0.445. The Bertz CT molecular complexity index is 1990. The van der Waals surface area contributed by atoms with E-state index in [-0.39, 0.29) is 11.2 Å². The molecule has 0 aliphatic rings. The van der Waals surface area contributed by atoms with Gasteiger partial charge in [-0.05, 0) is 48.9 Å². The van der Waals surface area contributed by atoms with Crippen LogP contribution in [0.3, 0.4) is 0 Å². The van der Waals surface area contributed by atoms with E-state index in [4.69, 9.17) is 9.84 Å². The van der Waals surface area contributed by atoms with Gasteiger partial charge in [-0.2, -0.15) is 14.6 Å². The molecule has 3 heterocycles. The normalized spacial score (nSPS) is 12.0. The van der Waals surface area contributed by atoms with Gasteiger partial charge in [-0.1, -0.05) is 59.9 Å². The minimum absolute atomic E-state index is 0.00454. The molecule has 0 bridgehead atoms. The Morgan fingerprint density at radius 1 is 0.976 bits per heavy atom.